The molecule has 0 atom stereocenters. The highest BCUT2D eigenvalue weighted by molar-refractivity contribution is 5.64. The third-order valence-corrected chi connectivity index (χ3v) is 3.08. The molecule has 1 heterocycles. The molecule has 0 spiro atoms. The lowest BCUT2D eigenvalue weighted by Crippen LogP contribution is -2.05. The molecule has 19 heavy (non-hydrogen) atoms. The first-order valence-electron chi connectivity index (χ1n) is 6.52. The molecule has 0 bridgehead atoms. The monoisotopic (exact) mass is 259 g/mol. The minimum absolute atomic E-state index is 0.185. The van der Waals surface area contributed by atoms with Crippen LogP contribution in [0, 0.1) is 6.92 Å². The molecule has 0 aliphatic heterocycles. The van der Waals surface area contributed by atoms with Gasteiger partial charge in [0, 0.05) is 19.2 Å². The highest BCUT2D eigenvalue weighted by Crippen LogP contribution is 2.26. The van der Waals surface area contributed by atoms with E-state index in [0.717, 1.165) is 28.5 Å². The predicted molar refractivity (Wildman–Crippen MR) is 77.0 cm³/mol. The molecule has 2 N–H and O–H groups in total. The van der Waals surface area contributed by atoms with Gasteiger partial charge in [-0.2, -0.15) is 0 Å². The summed E-state index contributed by atoms with van der Waals surface area (Å²) in [6.45, 7) is 6.47. The van der Waals surface area contributed by atoms with Crippen LogP contribution in [0.1, 0.15) is 25.4 Å². The number of nitrogens with zero attached hydrogens (tertiary/aromatic N) is 2. The van der Waals surface area contributed by atoms with Crippen LogP contribution in [0.5, 0.6) is 5.75 Å². The number of nitrogens with two attached hydrogens (primary N) is 1. The smallest absolute Gasteiger partial charge is 0.119 e. The van der Waals surface area contributed by atoms with E-state index < -0.39 is 0 Å². The Morgan fingerprint density at radius 1 is 1.26 bits per heavy atom. The minimum atomic E-state index is 0.185. The number of benzene rings is 1. The Hall–Kier alpha value is -1.81. The predicted octanol–water partition coefficient (Wildman–Crippen LogP) is 2.64. The van der Waals surface area contributed by atoms with Crippen molar-refractivity contribution in [1.82, 2.24) is 9.55 Å². The van der Waals surface area contributed by atoms with Crippen LogP contribution in [0.4, 0.5) is 0 Å². The molecule has 2 rings (SSSR count). The molecule has 0 fully saturated rings. The van der Waals surface area contributed by atoms with Crippen molar-refractivity contribution < 1.29 is 4.74 Å². The Morgan fingerprint density at radius 3 is 2.42 bits per heavy atom. The van der Waals surface area contributed by atoms with Crippen LogP contribution in [0.15, 0.2) is 24.3 Å². The first-order chi connectivity index (χ1) is 9.02. The minimum Gasteiger partial charge on any atom is -0.491 e. The van der Waals surface area contributed by atoms with Crippen molar-refractivity contribution in [3.8, 4) is 17.0 Å². The van der Waals surface area contributed by atoms with E-state index in [1.54, 1.807) is 0 Å². The van der Waals surface area contributed by atoms with Gasteiger partial charge in [-0.15, -0.1) is 0 Å². The Morgan fingerprint density at radius 2 is 1.89 bits per heavy atom. The number of rotatable bonds is 4. The Labute approximate surface area is 114 Å². The van der Waals surface area contributed by atoms with Crippen LogP contribution in [-0.4, -0.2) is 15.7 Å². The zero-order valence-corrected chi connectivity index (χ0v) is 12.0. The fourth-order valence-corrected chi connectivity index (χ4v) is 2.14. The van der Waals surface area contributed by atoms with Crippen LogP contribution in [0.3, 0.4) is 0 Å². The summed E-state index contributed by atoms with van der Waals surface area (Å²) in [5.41, 5.74) is 8.88. The summed E-state index contributed by atoms with van der Waals surface area (Å²) in [5, 5.41) is 0. The van der Waals surface area contributed by atoms with Crippen LogP contribution < -0.4 is 10.5 Å². The summed E-state index contributed by atoms with van der Waals surface area (Å²) in [6.07, 6.45) is 0.185. The Balaban J connectivity index is 2.37. The molecule has 4 nitrogen and oxygen atoms in total. The molecule has 0 radical (unpaired) electrons. The molecule has 2 aromatic rings. The third-order valence-electron chi connectivity index (χ3n) is 3.08. The number of imidazole rings is 1. The summed E-state index contributed by atoms with van der Waals surface area (Å²) in [5.74, 6) is 1.85. The lowest BCUT2D eigenvalue weighted by molar-refractivity contribution is 0.242. The summed E-state index contributed by atoms with van der Waals surface area (Å²) >= 11 is 0. The second kappa shape index (κ2) is 5.45. The SMILES string of the molecule is Cc1nc(CN)c(-c2ccc(OC(C)C)cc2)n1C. The molecular weight excluding hydrogens is 238 g/mol. The largest absolute Gasteiger partial charge is 0.491 e. The van der Waals surface area contributed by atoms with Gasteiger partial charge >= 0.3 is 0 Å². The average molecular weight is 259 g/mol. The molecule has 0 unspecified atom stereocenters. The van der Waals surface area contributed by atoms with E-state index in [1.165, 1.54) is 0 Å². The van der Waals surface area contributed by atoms with E-state index in [-0.39, 0.29) is 6.10 Å². The average Bonchev–Trinajstić information content (AvgIpc) is 2.66. The molecule has 1 aromatic carbocycles. The quantitative estimate of drug-likeness (QED) is 0.918. The fourth-order valence-electron chi connectivity index (χ4n) is 2.14. The van der Waals surface area contributed by atoms with E-state index >= 15 is 0 Å². The lowest BCUT2D eigenvalue weighted by atomic mass is 10.1. The molecule has 0 aliphatic rings. The van der Waals surface area contributed by atoms with E-state index in [2.05, 4.69) is 9.55 Å². The second-order valence-electron chi connectivity index (χ2n) is 4.91. The lowest BCUT2D eigenvalue weighted by Gasteiger charge is -2.11. The molecule has 4 heteroatoms. The van der Waals surface area contributed by atoms with E-state index in [9.17, 15) is 0 Å². The standard InChI is InChI=1S/C15H21N3O/c1-10(2)19-13-7-5-12(6-8-13)15-14(9-16)17-11(3)18(15)4/h5-8,10H,9,16H2,1-4H3. The van der Waals surface area contributed by atoms with Crippen molar-refractivity contribution >= 4 is 0 Å². The topological polar surface area (TPSA) is 53.1 Å². The number of aromatic nitrogens is 2. The highest BCUT2D eigenvalue weighted by Gasteiger charge is 2.13. The molecule has 0 saturated heterocycles. The van der Waals surface area contributed by atoms with Crippen LogP contribution >= 0.6 is 0 Å². The molecule has 0 aliphatic carbocycles. The van der Waals surface area contributed by atoms with Gasteiger partial charge in [-0.05, 0) is 45.0 Å². The van der Waals surface area contributed by atoms with Crippen LogP contribution in [0.2, 0.25) is 0 Å². The van der Waals surface area contributed by atoms with Crippen molar-refractivity contribution in [3.63, 3.8) is 0 Å². The van der Waals surface area contributed by atoms with Gasteiger partial charge in [-0.25, -0.2) is 4.98 Å². The Kier molecular flexibility index (Phi) is 3.90. The molecule has 102 valence electrons. The van der Waals surface area contributed by atoms with Crippen molar-refractivity contribution in [2.45, 2.75) is 33.4 Å². The fraction of sp³-hybridized carbons (Fsp3) is 0.400. The zero-order chi connectivity index (χ0) is 14.0. The molecule has 1 aromatic heterocycles. The maximum Gasteiger partial charge on any atom is 0.119 e. The van der Waals surface area contributed by atoms with E-state index in [1.807, 2.05) is 52.1 Å². The summed E-state index contributed by atoms with van der Waals surface area (Å²) in [7, 11) is 2.01. The molecule has 0 amide bonds. The normalized spacial score (nSPS) is 11.1. The summed E-state index contributed by atoms with van der Waals surface area (Å²) in [4.78, 5) is 4.48. The van der Waals surface area contributed by atoms with Gasteiger partial charge in [0.25, 0.3) is 0 Å². The van der Waals surface area contributed by atoms with Gasteiger partial charge in [0.2, 0.25) is 0 Å². The van der Waals surface area contributed by atoms with Gasteiger partial charge in [0.15, 0.2) is 0 Å². The Bertz CT molecular complexity index is 556. The zero-order valence-electron chi connectivity index (χ0n) is 12.0. The third kappa shape index (κ3) is 2.79. The van der Waals surface area contributed by atoms with Gasteiger partial charge in [-0.3, -0.25) is 0 Å². The summed E-state index contributed by atoms with van der Waals surface area (Å²) < 4.78 is 7.72. The number of ether oxygens (including phenoxy) is 1. The molecular formula is C15H21N3O. The number of aryl methyl sites for hydroxylation is 1. The first-order valence-corrected chi connectivity index (χ1v) is 6.52. The van der Waals surface area contributed by atoms with Gasteiger partial charge in [0.1, 0.15) is 11.6 Å². The molecule has 0 saturated carbocycles. The van der Waals surface area contributed by atoms with Crippen LogP contribution in [0.25, 0.3) is 11.3 Å². The maximum atomic E-state index is 5.77. The number of hydrogen-bond acceptors (Lipinski definition) is 3. The van der Waals surface area contributed by atoms with Gasteiger partial charge < -0.3 is 15.0 Å². The van der Waals surface area contributed by atoms with E-state index in [4.69, 9.17) is 10.5 Å². The second-order valence-corrected chi connectivity index (χ2v) is 4.91. The summed E-state index contributed by atoms with van der Waals surface area (Å²) in [6, 6.07) is 8.07. The van der Waals surface area contributed by atoms with Crippen molar-refractivity contribution in [2.24, 2.45) is 12.8 Å². The van der Waals surface area contributed by atoms with Crippen molar-refractivity contribution in [1.29, 1.82) is 0 Å². The van der Waals surface area contributed by atoms with Crippen molar-refractivity contribution in [2.75, 3.05) is 0 Å². The van der Waals surface area contributed by atoms with Crippen LogP contribution in [-0.2, 0) is 13.6 Å². The van der Waals surface area contributed by atoms with Gasteiger partial charge in [0.05, 0.1) is 17.5 Å². The first kappa shape index (κ1) is 13.6. The highest BCUT2D eigenvalue weighted by atomic mass is 16.5. The van der Waals surface area contributed by atoms with Crippen molar-refractivity contribution in [3.05, 3.63) is 35.8 Å². The van der Waals surface area contributed by atoms with E-state index in [0.29, 0.717) is 6.54 Å². The number of hydrogen-bond donors (Lipinski definition) is 1. The maximum absolute atomic E-state index is 5.77. The van der Waals surface area contributed by atoms with Gasteiger partial charge in [-0.1, -0.05) is 0 Å².